The van der Waals surface area contributed by atoms with Crippen LogP contribution in [0, 0.1) is 6.92 Å². The molecule has 5 heteroatoms. The Labute approximate surface area is 204 Å². The number of carbonyl (C=O) groups is 1. The van der Waals surface area contributed by atoms with Crippen molar-refractivity contribution in [3.8, 4) is 33.8 Å². The zero-order valence-corrected chi connectivity index (χ0v) is 19.6. The standard InChI is InChI=1S/C29H24ClNO3/c1-19-16-24(30)9-12-26(19)22-6-10-25(11-7-22)31-29(32)17-20-2-4-21(5-3-20)23-8-13-27-28(18-23)34-15-14-33-27/h2-13,16,18H,14-15,17H2,1H3,(H,31,32). The Morgan fingerprint density at radius 1 is 0.794 bits per heavy atom. The summed E-state index contributed by atoms with van der Waals surface area (Å²) >= 11 is 6.06. The van der Waals surface area contributed by atoms with Crippen LogP contribution >= 0.6 is 11.6 Å². The van der Waals surface area contributed by atoms with Crippen LogP contribution < -0.4 is 14.8 Å². The number of amides is 1. The molecule has 4 aromatic rings. The van der Waals surface area contributed by atoms with E-state index in [1.807, 2.05) is 91.9 Å². The number of nitrogens with one attached hydrogen (secondary N) is 1. The van der Waals surface area contributed by atoms with E-state index in [-0.39, 0.29) is 5.91 Å². The Bertz CT molecular complexity index is 1330. The maximum Gasteiger partial charge on any atom is 0.228 e. The van der Waals surface area contributed by atoms with Gasteiger partial charge >= 0.3 is 0 Å². The summed E-state index contributed by atoms with van der Waals surface area (Å²) in [4.78, 5) is 12.6. The van der Waals surface area contributed by atoms with Crippen molar-refractivity contribution in [3.63, 3.8) is 0 Å². The Morgan fingerprint density at radius 2 is 1.47 bits per heavy atom. The second kappa shape index (κ2) is 9.62. The fourth-order valence-corrected chi connectivity index (χ4v) is 4.34. The first-order valence-electron chi connectivity index (χ1n) is 11.2. The molecule has 1 aliphatic rings. The van der Waals surface area contributed by atoms with Crippen LogP contribution in [0.25, 0.3) is 22.3 Å². The molecule has 0 fully saturated rings. The lowest BCUT2D eigenvalue weighted by Crippen LogP contribution is -2.15. The summed E-state index contributed by atoms with van der Waals surface area (Å²) in [6.07, 6.45) is 0.305. The quantitative estimate of drug-likeness (QED) is 0.344. The second-order valence-electron chi connectivity index (χ2n) is 8.32. The minimum atomic E-state index is -0.0532. The first kappa shape index (κ1) is 22.1. The molecule has 0 aromatic heterocycles. The molecule has 4 nitrogen and oxygen atoms in total. The summed E-state index contributed by atoms with van der Waals surface area (Å²) in [5, 5.41) is 3.71. The molecule has 5 rings (SSSR count). The summed E-state index contributed by atoms with van der Waals surface area (Å²) in [7, 11) is 0. The lowest BCUT2D eigenvalue weighted by Gasteiger charge is -2.19. The van der Waals surface area contributed by atoms with E-state index in [0.717, 1.165) is 55.6 Å². The smallest absolute Gasteiger partial charge is 0.228 e. The van der Waals surface area contributed by atoms with Crippen LogP contribution in [0.5, 0.6) is 11.5 Å². The molecule has 170 valence electrons. The molecular formula is C29H24ClNO3. The molecule has 0 atom stereocenters. The number of rotatable bonds is 5. The van der Waals surface area contributed by atoms with Crippen LogP contribution in [-0.4, -0.2) is 19.1 Å². The van der Waals surface area contributed by atoms with E-state index >= 15 is 0 Å². The molecule has 0 spiro atoms. The predicted molar refractivity (Wildman–Crippen MR) is 137 cm³/mol. The Balaban J connectivity index is 1.22. The molecule has 0 unspecified atom stereocenters. The fraction of sp³-hybridized carbons (Fsp3) is 0.138. The van der Waals surface area contributed by atoms with Crippen molar-refractivity contribution >= 4 is 23.2 Å². The lowest BCUT2D eigenvalue weighted by molar-refractivity contribution is -0.115. The Hall–Kier alpha value is -3.76. The molecule has 0 saturated carbocycles. The van der Waals surface area contributed by atoms with Crippen LogP contribution in [0.1, 0.15) is 11.1 Å². The third-order valence-corrected chi connectivity index (χ3v) is 6.10. The van der Waals surface area contributed by atoms with Gasteiger partial charge in [-0.25, -0.2) is 0 Å². The van der Waals surface area contributed by atoms with Gasteiger partial charge in [-0.2, -0.15) is 0 Å². The highest BCUT2D eigenvalue weighted by molar-refractivity contribution is 6.30. The van der Waals surface area contributed by atoms with Gasteiger partial charge in [0.25, 0.3) is 0 Å². The van der Waals surface area contributed by atoms with Crippen LogP contribution in [0.15, 0.2) is 84.9 Å². The van der Waals surface area contributed by atoms with E-state index in [2.05, 4.69) is 5.32 Å². The van der Waals surface area contributed by atoms with Gasteiger partial charge in [0.1, 0.15) is 13.2 Å². The molecule has 1 amide bonds. The number of benzene rings is 4. The molecule has 1 aliphatic heterocycles. The molecule has 0 saturated heterocycles. The molecular weight excluding hydrogens is 446 g/mol. The van der Waals surface area contributed by atoms with Gasteiger partial charge in [-0.1, -0.05) is 60.1 Å². The molecule has 0 radical (unpaired) electrons. The summed E-state index contributed by atoms with van der Waals surface area (Å²) in [5.74, 6) is 1.49. The van der Waals surface area contributed by atoms with Crippen molar-refractivity contribution in [1.29, 1.82) is 0 Å². The van der Waals surface area contributed by atoms with Gasteiger partial charge in [-0.3, -0.25) is 4.79 Å². The van der Waals surface area contributed by atoms with E-state index in [1.54, 1.807) is 0 Å². The first-order chi connectivity index (χ1) is 16.5. The van der Waals surface area contributed by atoms with Gasteiger partial charge in [0.2, 0.25) is 5.91 Å². The van der Waals surface area contributed by atoms with Gasteiger partial charge in [0, 0.05) is 10.7 Å². The van der Waals surface area contributed by atoms with E-state index < -0.39 is 0 Å². The SMILES string of the molecule is Cc1cc(Cl)ccc1-c1ccc(NC(=O)Cc2ccc(-c3ccc4c(c3)OCCO4)cc2)cc1. The van der Waals surface area contributed by atoms with Crippen molar-refractivity contribution in [3.05, 3.63) is 101 Å². The van der Waals surface area contributed by atoms with Crippen molar-refractivity contribution < 1.29 is 14.3 Å². The molecule has 1 heterocycles. The first-order valence-corrected chi connectivity index (χ1v) is 11.6. The lowest BCUT2D eigenvalue weighted by atomic mass is 10.0. The predicted octanol–water partition coefficient (Wildman–Crippen LogP) is 6.93. The molecule has 34 heavy (non-hydrogen) atoms. The summed E-state index contributed by atoms with van der Waals surface area (Å²) in [6, 6.07) is 27.7. The van der Waals surface area contributed by atoms with Crippen molar-refractivity contribution in [2.75, 3.05) is 18.5 Å². The van der Waals surface area contributed by atoms with E-state index in [1.165, 1.54) is 0 Å². The minimum Gasteiger partial charge on any atom is -0.486 e. The highest BCUT2D eigenvalue weighted by Crippen LogP contribution is 2.34. The summed E-state index contributed by atoms with van der Waals surface area (Å²) < 4.78 is 11.3. The van der Waals surface area contributed by atoms with Crippen LogP contribution in [0.3, 0.4) is 0 Å². The van der Waals surface area contributed by atoms with Gasteiger partial charge in [0.05, 0.1) is 6.42 Å². The van der Waals surface area contributed by atoms with Gasteiger partial charge in [-0.15, -0.1) is 0 Å². The van der Waals surface area contributed by atoms with E-state index in [0.29, 0.717) is 19.6 Å². The van der Waals surface area contributed by atoms with Gasteiger partial charge in [-0.05, 0) is 76.7 Å². The van der Waals surface area contributed by atoms with Crippen molar-refractivity contribution in [1.82, 2.24) is 0 Å². The summed E-state index contributed by atoms with van der Waals surface area (Å²) in [6.45, 7) is 3.18. The third-order valence-electron chi connectivity index (χ3n) is 5.86. The second-order valence-corrected chi connectivity index (χ2v) is 8.75. The molecule has 4 aromatic carbocycles. The van der Waals surface area contributed by atoms with Crippen LogP contribution in [0.2, 0.25) is 5.02 Å². The number of halogens is 1. The zero-order chi connectivity index (χ0) is 23.5. The van der Waals surface area contributed by atoms with Crippen LogP contribution in [-0.2, 0) is 11.2 Å². The van der Waals surface area contributed by atoms with E-state index in [4.69, 9.17) is 21.1 Å². The molecule has 0 bridgehead atoms. The highest BCUT2D eigenvalue weighted by atomic mass is 35.5. The number of fused-ring (bicyclic) bond motifs is 1. The monoisotopic (exact) mass is 469 g/mol. The average Bonchev–Trinajstić information content (AvgIpc) is 2.85. The Morgan fingerprint density at radius 3 is 2.21 bits per heavy atom. The highest BCUT2D eigenvalue weighted by Gasteiger charge is 2.13. The average molecular weight is 470 g/mol. The number of anilines is 1. The number of aryl methyl sites for hydroxylation is 1. The van der Waals surface area contributed by atoms with E-state index in [9.17, 15) is 4.79 Å². The molecule has 1 N–H and O–H groups in total. The van der Waals surface area contributed by atoms with Gasteiger partial charge < -0.3 is 14.8 Å². The van der Waals surface area contributed by atoms with Crippen LogP contribution in [0.4, 0.5) is 5.69 Å². The minimum absolute atomic E-state index is 0.0532. The van der Waals surface area contributed by atoms with Crippen molar-refractivity contribution in [2.24, 2.45) is 0 Å². The van der Waals surface area contributed by atoms with Crippen molar-refractivity contribution in [2.45, 2.75) is 13.3 Å². The number of carbonyl (C=O) groups excluding carboxylic acids is 1. The van der Waals surface area contributed by atoms with Gasteiger partial charge in [0.15, 0.2) is 11.5 Å². The fourth-order valence-electron chi connectivity index (χ4n) is 4.11. The Kier molecular flexibility index (Phi) is 6.24. The number of hydrogen-bond acceptors (Lipinski definition) is 3. The number of ether oxygens (including phenoxy) is 2. The normalized spacial score (nSPS) is 12.3. The third kappa shape index (κ3) is 4.92. The maximum atomic E-state index is 12.6. The zero-order valence-electron chi connectivity index (χ0n) is 18.8. The molecule has 0 aliphatic carbocycles. The largest absolute Gasteiger partial charge is 0.486 e. The summed E-state index contributed by atoms with van der Waals surface area (Å²) in [5.41, 5.74) is 7.16. The topological polar surface area (TPSA) is 47.6 Å². The maximum absolute atomic E-state index is 12.6. The number of hydrogen-bond donors (Lipinski definition) is 1.